The molecule has 1 aromatic heterocycles. The van der Waals surface area contributed by atoms with Gasteiger partial charge in [-0.25, -0.2) is 9.97 Å². The molecule has 0 amide bonds. The molecule has 3 heteroatoms. The van der Waals surface area contributed by atoms with E-state index in [0.717, 1.165) is 5.56 Å². The summed E-state index contributed by atoms with van der Waals surface area (Å²) in [5, 5.41) is 9.25. The minimum absolute atomic E-state index is 0.256. The van der Waals surface area contributed by atoms with Crippen molar-refractivity contribution < 1.29 is 5.11 Å². The third-order valence-corrected chi connectivity index (χ3v) is 1.88. The van der Waals surface area contributed by atoms with Gasteiger partial charge in [0.2, 0.25) is 0 Å². The van der Waals surface area contributed by atoms with Gasteiger partial charge in [-0.05, 0) is 29.8 Å². The smallest absolute Gasteiger partial charge is 0.151 e. The molecule has 0 aliphatic heterocycles. The van der Waals surface area contributed by atoms with Crippen molar-refractivity contribution in [1.82, 2.24) is 9.97 Å². The normalized spacial score (nSPS) is 10.7. The van der Waals surface area contributed by atoms with Crippen molar-refractivity contribution >= 4 is 12.2 Å². The Morgan fingerprint density at radius 2 is 1.80 bits per heavy atom. The van der Waals surface area contributed by atoms with Crippen LogP contribution in [-0.2, 0) is 0 Å². The number of nitrogens with zero attached hydrogens (tertiary/aromatic N) is 2. The summed E-state index contributed by atoms with van der Waals surface area (Å²) in [5.74, 6) is 0.909. The van der Waals surface area contributed by atoms with Crippen LogP contribution in [0.2, 0.25) is 0 Å². The first-order valence-electron chi connectivity index (χ1n) is 4.59. The van der Waals surface area contributed by atoms with E-state index in [1.54, 1.807) is 42.7 Å². The van der Waals surface area contributed by atoms with Gasteiger partial charge in [-0.3, -0.25) is 0 Å². The summed E-state index contributed by atoms with van der Waals surface area (Å²) >= 11 is 0. The largest absolute Gasteiger partial charge is 0.508 e. The van der Waals surface area contributed by atoms with E-state index < -0.39 is 0 Å². The molecule has 0 saturated carbocycles. The van der Waals surface area contributed by atoms with Gasteiger partial charge in [0.15, 0.2) is 5.82 Å². The van der Waals surface area contributed by atoms with Gasteiger partial charge in [0, 0.05) is 12.4 Å². The van der Waals surface area contributed by atoms with Crippen molar-refractivity contribution in [1.29, 1.82) is 0 Å². The quantitative estimate of drug-likeness (QED) is 0.805. The highest BCUT2D eigenvalue weighted by atomic mass is 16.3. The minimum atomic E-state index is 0.256. The van der Waals surface area contributed by atoms with Gasteiger partial charge < -0.3 is 5.11 Å². The third kappa shape index (κ3) is 2.64. The Morgan fingerprint density at radius 1 is 1.00 bits per heavy atom. The summed E-state index contributed by atoms with van der Waals surface area (Å²) in [6, 6.07) is 8.78. The molecule has 0 fully saturated rings. The molecule has 1 heterocycles. The van der Waals surface area contributed by atoms with E-state index >= 15 is 0 Å². The Hall–Kier alpha value is -2.16. The molecule has 3 nitrogen and oxygen atoms in total. The number of aromatic nitrogens is 2. The first kappa shape index (κ1) is 9.40. The summed E-state index contributed by atoms with van der Waals surface area (Å²) < 4.78 is 0. The van der Waals surface area contributed by atoms with Gasteiger partial charge >= 0.3 is 0 Å². The second-order valence-electron chi connectivity index (χ2n) is 3.04. The SMILES string of the molecule is Oc1cccc(/C=C/c2ncccn2)c1. The van der Waals surface area contributed by atoms with Crippen LogP contribution in [0.25, 0.3) is 12.2 Å². The maximum Gasteiger partial charge on any atom is 0.151 e. The Kier molecular flexibility index (Phi) is 2.74. The standard InChI is InChI=1S/C12H10N2O/c15-11-4-1-3-10(9-11)5-6-12-13-7-2-8-14-12/h1-9,15H/b6-5+. The second-order valence-corrected chi connectivity index (χ2v) is 3.04. The Labute approximate surface area is 87.8 Å². The predicted molar refractivity (Wildman–Crippen MR) is 59.1 cm³/mol. The van der Waals surface area contributed by atoms with Gasteiger partial charge in [0.05, 0.1) is 0 Å². The van der Waals surface area contributed by atoms with Crippen molar-refractivity contribution in [2.45, 2.75) is 0 Å². The van der Waals surface area contributed by atoms with Gasteiger partial charge in [0.25, 0.3) is 0 Å². The van der Waals surface area contributed by atoms with E-state index in [0.29, 0.717) is 5.82 Å². The summed E-state index contributed by atoms with van der Waals surface area (Å²) in [4.78, 5) is 8.11. The number of hydrogen-bond donors (Lipinski definition) is 1. The molecule has 0 unspecified atom stereocenters. The maximum absolute atomic E-state index is 9.25. The molecule has 0 bridgehead atoms. The highest BCUT2D eigenvalue weighted by Crippen LogP contribution is 2.12. The van der Waals surface area contributed by atoms with E-state index in [2.05, 4.69) is 9.97 Å². The first-order valence-corrected chi connectivity index (χ1v) is 4.59. The molecule has 1 N–H and O–H groups in total. The topological polar surface area (TPSA) is 46.0 Å². The van der Waals surface area contributed by atoms with Crippen LogP contribution >= 0.6 is 0 Å². The molecular formula is C12H10N2O. The Bertz CT molecular complexity index is 466. The average Bonchev–Trinajstić information content (AvgIpc) is 2.28. The van der Waals surface area contributed by atoms with Crippen LogP contribution in [-0.4, -0.2) is 15.1 Å². The zero-order valence-electron chi connectivity index (χ0n) is 8.04. The number of phenols is 1. The zero-order chi connectivity index (χ0) is 10.5. The fraction of sp³-hybridized carbons (Fsp3) is 0. The third-order valence-electron chi connectivity index (χ3n) is 1.88. The lowest BCUT2D eigenvalue weighted by Gasteiger charge is -1.94. The second kappa shape index (κ2) is 4.37. The van der Waals surface area contributed by atoms with Crippen molar-refractivity contribution in [3.05, 3.63) is 54.1 Å². The van der Waals surface area contributed by atoms with Crippen LogP contribution in [0, 0.1) is 0 Å². The molecule has 0 saturated heterocycles. The van der Waals surface area contributed by atoms with Crippen molar-refractivity contribution in [3.63, 3.8) is 0 Å². The number of aromatic hydroxyl groups is 1. The summed E-state index contributed by atoms with van der Waals surface area (Å²) in [6.45, 7) is 0. The summed E-state index contributed by atoms with van der Waals surface area (Å²) in [5.41, 5.74) is 0.919. The Morgan fingerprint density at radius 3 is 2.53 bits per heavy atom. The molecule has 0 radical (unpaired) electrons. The molecule has 2 rings (SSSR count). The highest BCUT2D eigenvalue weighted by Gasteiger charge is 1.90. The minimum Gasteiger partial charge on any atom is -0.508 e. The highest BCUT2D eigenvalue weighted by molar-refractivity contribution is 5.67. The molecule has 0 spiro atoms. The summed E-state index contributed by atoms with van der Waals surface area (Å²) in [7, 11) is 0. The molecule has 74 valence electrons. The molecular weight excluding hydrogens is 188 g/mol. The molecule has 15 heavy (non-hydrogen) atoms. The number of rotatable bonds is 2. The number of hydrogen-bond acceptors (Lipinski definition) is 3. The van der Waals surface area contributed by atoms with E-state index in [1.165, 1.54) is 0 Å². The van der Waals surface area contributed by atoms with E-state index in [-0.39, 0.29) is 5.75 Å². The molecule has 0 atom stereocenters. The van der Waals surface area contributed by atoms with Gasteiger partial charge in [0.1, 0.15) is 5.75 Å². The Balaban J connectivity index is 2.19. The number of benzene rings is 1. The first-order chi connectivity index (χ1) is 7.34. The monoisotopic (exact) mass is 198 g/mol. The van der Waals surface area contributed by atoms with Crippen molar-refractivity contribution in [2.75, 3.05) is 0 Å². The maximum atomic E-state index is 9.25. The van der Waals surface area contributed by atoms with E-state index in [1.807, 2.05) is 12.1 Å². The predicted octanol–water partition coefficient (Wildman–Crippen LogP) is 2.35. The average molecular weight is 198 g/mol. The van der Waals surface area contributed by atoms with Crippen LogP contribution in [0.4, 0.5) is 0 Å². The lowest BCUT2D eigenvalue weighted by Crippen LogP contribution is -1.82. The van der Waals surface area contributed by atoms with Crippen molar-refractivity contribution in [3.8, 4) is 5.75 Å². The van der Waals surface area contributed by atoms with Gasteiger partial charge in [-0.15, -0.1) is 0 Å². The number of phenolic OH excluding ortho intramolecular Hbond substituents is 1. The van der Waals surface area contributed by atoms with Crippen LogP contribution in [0.3, 0.4) is 0 Å². The van der Waals surface area contributed by atoms with Crippen LogP contribution in [0.15, 0.2) is 42.7 Å². The molecule has 0 aliphatic rings. The van der Waals surface area contributed by atoms with Gasteiger partial charge in [-0.2, -0.15) is 0 Å². The fourth-order valence-electron chi connectivity index (χ4n) is 1.20. The van der Waals surface area contributed by atoms with Gasteiger partial charge in [-0.1, -0.05) is 18.2 Å². The lowest BCUT2D eigenvalue weighted by atomic mass is 10.2. The van der Waals surface area contributed by atoms with Crippen LogP contribution in [0.5, 0.6) is 5.75 Å². The lowest BCUT2D eigenvalue weighted by molar-refractivity contribution is 0.475. The fourth-order valence-corrected chi connectivity index (χ4v) is 1.20. The van der Waals surface area contributed by atoms with Crippen molar-refractivity contribution in [2.24, 2.45) is 0 Å². The summed E-state index contributed by atoms with van der Waals surface area (Å²) in [6.07, 6.45) is 7.04. The van der Waals surface area contributed by atoms with Crippen LogP contribution in [0.1, 0.15) is 11.4 Å². The van der Waals surface area contributed by atoms with E-state index in [4.69, 9.17) is 0 Å². The molecule has 0 aliphatic carbocycles. The zero-order valence-corrected chi connectivity index (χ0v) is 8.04. The molecule has 1 aromatic carbocycles. The van der Waals surface area contributed by atoms with Crippen LogP contribution < -0.4 is 0 Å². The van der Waals surface area contributed by atoms with E-state index in [9.17, 15) is 5.11 Å². The molecule has 2 aromatic rings.